The minimum Gasteiger partial charge on any atom is -0.475 e. The molecule has 16 heavy (non-hydrogen) atoms. The molecule has 0 aliphatic carbocycles. The van der Waals surface area contributed by atoms with Crippen LogP contribution in [0.1, 0.15) is 31.9 Å². The Morgan fingerprint density at radius 1 is 1.38 bits per heavy atom. The number of hydrogen-bond donors (Lipinski definition) is 1. The lowest BCUT2D eigenvalue weighted by Gasteiger charge is -2.12. The van der Waals surface area contributed by atoms with Gasteiger partial charge < -0.3 is 15.2 Å². The summed E-state index contributed by atoms with van der Waals surface area (Å²) < 4.78 is 10.8. The first-order chi connectivity index (χ1) is 7.75. The van der Waals surface area contributed by atoms with Crippen LogP contribution in [0.5, 0.6) is 5.88 Å². The van der Waals surface area contributed by atoms with Crippen LogP contribution in [0.2, 0.25) is 0 Å². The third-order valence-corrected chi connectivity index (χ3v) is 2.11. The molecule has 0 amide bonds. The van der Waals surface area contributed by atoms with E-state index in [1.807, 2.05) is 19.1 Å². The Hall–Kier alpha value is -1.13. The fourth-order valence-electron chi connectivity index (χ4n) is 1.31. The summed E-state index contributed by atoms with van der Waals surface area (Å²) in [6, 6.07) is 3.72. The van der Waals surface area contributed by atoms with Gasteiger partial charge in [-0.2, -0.15) is 0 Å². The summed E-state index contributed by atoms with van der Waals surface area (Å²) in [4.78, 5) is 4.16. The van der Waals surface area contributed by atoms with Gasteiger partial charge in [0.1, 0.15) is 6.61 Å². The van der Waals surface area contributed by atoms with Crippen LogP contribution in [0.3, 0.4) is 0 Å². The van der Waals surface area contributed by atoms with Gasteiger partial charge in [-0.1, -0.05) is 13.0 Å². The molecule has 0 aliphatic heterocycles. The second-order valence-corrected chi connectivity index (χ2v) is 3.65. The smallest absolute Gasteiger partial charge is 0.218 e. The largest absolute Gasteiger partial charge is 0.475 e. The highest BCUT2D eigenvalue weighted by atomic mass is 16.5. The molecule has 1 heterocycles. The molecule has 1 aromatic heterocycles. The second kappa shape index (κ2) is 7.19. The van der Waals surface area contributed by atoms with Gasteiger partial charge in [-0.25, -0.2) is 4.98 Å². The van der Waals surface area contributed by atoms with E-state index in [0.717, 1.165) is 18.6 Å². The highest BCUT2D eigenvalue weighted by molar-refractivity contribution is 5.27. The van der Waals surface area contributed by atoms with Gasteiger partial charge in [-0.15, -0.1) is 0 Å². The third-order valence-electron chi connectivity index (χ3n) is 2.11. The molecule has 90 valence electrons. The van der Waals surface area contributed by atoms with Crippen LogP contribution in [0.15, 0.2) is 18.3 Å². The van der Waals surface area contributed by atoms with Crippen LogP contribution in [0, 0.1) is 0 Å². The molecule has 0 aromatic carbocycles. The molecule has 0 bridgehead atoms. The predicted octanol–water partition coefficient (Wildman–Crippen LogP) is 1.91. The summed E-state index contributed by atoms with van der Waals surface area (Å²) in [6.45, 7) is 5.86. The van der Waals surface area contributed by atoms with Crippen LogP contribution in [0.25, 0.3) is 0 Å². The molecule has 1 atom stereocenters. The van der Waals surface area contributed by atoms with Crippen molar-refractivity contribution in [2.45, 2.75) is 26.3 Å². The zero-order valence-corrected chi connectivity index (χ0v) is 9.98. The van der Waals surface area contributed by atoms with Crippen molar-refractivity contribution >= 4 is 0 Å². The molecule has 2 N–H and O–H groups in total. The molecule has 0 aliphatic rings. The molecule has 1 aromatic rings. The molecular weight excluding hydrogens is 204 g/mol. The quantitative estimate of drug-likeness (QED) is 0.719. The first kappa shape index (κ1) is 12.9. The van der Waals surface area contributed by atoms with Crippen LogP contribution in [-0.2, 0) is 4.74 Å². The molecule has 0 saturated heterocycles. The molecule has 4 heteroatoms. The number of rotatable bonds is 7. The van der Waals surface area contributed by atoms with Gasteiger partial charge in [0.2, 0.25) is 5.88 Å². The normalized spacial score (nSPS) is 12.4. The summed E-state index contributed by atoms with van der Waals surface area (Å²) in [7, 11) is 0. The first-order valence-electron chi connectivity index (χ1n) is 5.66. The second-order valence-electron chi connectivity index (χ2n) is 3.65. The van der Waals surface area contributed by atoms with Crippen molar-refractivity contribution in [3.05, 3.63) is 23.9 Å². The van der Waals surface area contributed by atoms with Gasteiger partial charge in [0.05, 0.1) is 6.61 Å². The lowest BCUT2D eigenvalue weighted by atomic mass is 10.1. The number of aromatic nitrogens is 1. The Bertz CT molecular complexity index is 303. The van der Waals surface area contributed by atoms with E-state index in [1.54, 1.807) is 6.20 Å². The zero-order valence-electron chi connectivity index (χ0n) is 9.98. The van der Waals surface area contributed by atoms with Crippen LogP contribution >= 0.6 is 0 Å². The van der Waals surface area contributed by atoms with Gasteiger partial charge in [0.25, 0.3) is 0 Å². The van der Waals surface area contributed by atoms with Crippen LogP contribution in [-0.4, -0.2) is 24.8 Å². The number of nitrogens with zero attached hydrogens (tertiary/aromatic N) is 1. The van der Waals surface area contributed by atoms with E-state index in [9.17, 15) is 0 Å². The monoisotopic (exact) mass is 224 g/mol. The summed E-state index contributed by atoms with van der Waals surface area (Å²) in [5, 5.41) is 0. The zero-order chi connectivity index (χ0) is 11.8. The van der Waals surface area contributed by atoms with Gasteiger partial charge >= 0.3 is 0 Å². The minimum atomic E-state index is -0.0692. The molecule has 0 fully saturated rings. The highest BCUT2D eigenvalue weighted by Crippen LogP contribution is 2.19. The number of hydrogen-bond acceptors (Lipinski definition) is 4. The van der Waals surface area contributed by atoms with E-state index < -0.39 is 0 Å². The Balaban J connectivity index is 2.41. The van der Waals surface area contributed by atoms with Crippen molar-refractivity contribution in [1.29, 1.82) is 0 Å². The van der Waals surface area contributed by atoms with E-state index in [4.69, 9.17) is 15.2 Å². The van der Waals surface area contributed by atoms with Gasteiger partial charge in [-0.3, -0.25) is 0 Å². The lowest BCUT2D eigenvalue weighted by molar-refractivity contribution is 0.0985. The van der Waals surface area contributed by atoms with Crippen molar-refractivity contribution in [2.24, 2.45) is 5.73 Å². The van der Waals surface area contributed by atoms with Crippen molar-refractivity contribution in [3.63, 3.8) is 0 Å². The fraction of sp³-hybridized carbons (Fsp3) is 0.583. The number of nitrogens with two attached hydrogens (primary N) is 1. The third kappa shape index (κ3) is 4.16. The highest BCUT2D eigenvalue weighted by Gasteiger charge is 2.08. The van der Waals surface area contributed by atoms with Gasteiger partial charge in [-0.05, 0) is 19.4 Å². The lowest BCUT2D eigenvalue weighted by Crippen LogP contribution is -2.12. The molecular formula is C12H20N2O2. The molecule has 0 radical (unpaired) electrons. The molecule has 4 nitrogen and oxygen atoms in total. The molecule has 0 spiro atoms. The first-order valence-corrected chi connectivity index (χ1v) is 5.66. The fourth-order valence-corrected chi connectivity index (χ4v) is 1.31. The Kier molecular flexibility index (Phi) is 5.82. The average molecular weight is 224 g/mol. The maximum Gasteiger partial charge on any atom is 0.218 e. The van der Waals surface area contributed by atoms with Crippen LogP contribution in [0.4, 0.5) is 0 Å². The average Bonchev–Trinajstić information content (AvgIpc) is 2.29. The summed E-state index contributed by atoms with van der Waals surface area (Å²) >= 11 is 0. The van der Waals surface area contributed by atoms with E-state index in [0.29, 0.717) is 19.1 Å². The number of ether oxygens (including phenoxy) is 2. The minimum absolute atomic E-state index is 0.0692. The molecule has 0 saturated carbocycles. The molecule has 1 rings (SSSR count). The Morgan fingerprint density at radius 2 is 2.19 bits per heavy atom. The standard InChI is InChI=1S/C12H20N2O2/c1-3-7-15-8-9-16-12-11(10(2)13)5-4-6-14-12/h4-6,10H,3,7-9,13H2,1-2H3. The van der Waals surface area contributed by atoms with Crippen molar-refractivity contribution in [3.8, 4) is 5.88 Å². The molecule has 1 unspecified atom stereocenters. The summed E-state index contributed by atoms with van der Waals surface area (Å²) in [5.74, 6) is 0.609. The Morgan fingerprint density at radius 3 is 2.88 bits per heavy atom. The maximum atomic E-state index is 5.82. The SMILES string of the molecule is CCCOCCOc1ncccc1C(C)N. The van der Waals surface area contributed by atoms with Crippen LogP contribution < -0.4 is 10.5 Å². The van der Waals surface area contributed by atoms with Crippen molar-refractivity contribution in [2.75, 3.05) is 19.8 Å². The van der Waals surface area contributed by atoms with E-state index in [-0.39, 0.29) is 6.04 Å². The van der Waals surface area contributed by atoms with Gasteiger partial charge in [0.15, 0.2) is 0 Å². The van der Waals surface area contributed by atoms with E-state index >= 15 is 0 Å². The summed E-state index contributed by atoms with van der Waals surface area (Å²) in [5.41, 5.74) is 6.74. The predicted molar refractivity (Wildman–Crippen MR) is 63.4 cm³/mol. The van der Waals surface area contributed by atoms with E-state index in [2.05, 4.69) is 11.9 Å². The topological polar surface area (TPSA) is 57.4 Å². The van der Waals surface area contributed by atoms with E-state index in [1.165, 1.54) is 0 Å². The maximum absolute atomic E-state index is 5.82. The van der Waals surface area contributed by atoms with Crippen molar-refractivity contribution in [1.82, 2.24) is 4.98 Å². The Labute approximate surface area is 96.8 Å². The number of pyridine rings is 1. The summed E-state index contributed by atoms with van der Waals surface area (Å²) in [6.07, 6.45) is 2.72. The van der Waals surface area contributed by atoms with Gasteiger partial charge in [0, 0.05) is 24.4 Å². The van der Waals surface area contributed by atoms with Crippen molar-refractivity contribution < 1.29 is 9.47 Å².